The molecule has 2 aromatic heterocycles. The van der Waals surface area contributed by atoms with Gasteiger partial charge in [0, 0.05) is 6.54 Å². The Labute approximate surface area is 122 Å². The molecule has 0 saturated carbocycles. The Morgan fingerprint density at radius 3 is 2.71 bits per heavy atom. The summed E-state index contributed by atoms with van der Waals surface area (Å²) in [6.45, 7) is 0.0553. The molecule has 0 saturated heterocycles. The maximum absolute atomic E-state index is 12.9. The lowest BCUT2D eigenvalue weighted by molar-refractivity contribution is -0.138. The van der Waals surface area contributed by atoms with Crippen LogP contribution in [0.15, 0.2) is 42.0 Å². The lowest BCUT2D eigenvalue weighted by Crippen LogP contribution is -2.12. The quantitative estimate of drug-likeness (QED) is 0.783. The molecular weight excluding hydrogens is 299 g/mol. The van der Waals surface area contributed by atoms with Gasteiger partial charge in [0.2, 0.25) is 0 Å². The second-order valence-corrected chi connectivity index (χ2v) is 5.28. The third-order valence-corrected chi connectivity index (χ3v) is 3.92. The summed E-state index contributed by atoms with van der Waals surface area (Å²) in [5.41, 5.74) is 0.337. The van der Waals surface area contributed by atoms with Crippen LogP contribution in [-0.4, -0.2) is 9.97 Å². The van der Waals surface area contributed by atoms with Crippen LogP contribution in [0.1, 0.15) is 11.1 Å². The van der Waals surface area contributed by atoms with Crippen molar-refractivity contribution in [2.75, 3.05) is 5.32 Å². The predicted octanol–water partition coefficient (Wildman–Crippen LogP) is 4.32. The number of thiophene rings is 1. The molecule has 0 radical (unpaired) electrons. The Morgan fingerprint density at radius 1 is 1.10 bits per heavy atom. The van der Waals surface area contributed by atoms with E-state index in [1.54, 1.807) is 6.07 Å². The molecule has 0 amide bonds. The van der Waals surface area contributed by atoms with E-state index >= 15 is 0 Å². The van der Waals surface area contributed by atoms with E-state index in [4.69, 9.17) is 0 Å². The van der Waals surface area contributed by atoms with Crippen LogP contribution in [0.25, 0.3) is 10.2 Å². The van der Waals surface area contributed by atoms with Gasteiger partial charge in [-0.2, -0.15) is 13.2 Å². The molecule has 0 atom stereocenters. The molecule has 0 bridgehead atoms. The van der Waals surface area contributed by atoms with Gasteiger partial charge in [-0.3, -0.25) is 0 Å². The number of nitrogens with one attached hydrogen (secondary N) is 1. The number of alkyl halides is 3. The lowest BCUT2D eigenvalue weighted by Gasteiger charge is -2.13. The highest BCUT2D eigenvalue weighted by molar-refractivity contribution is 7.17. The minimum Gasteiger partial charge on any atom is -0.365 e. The van der Waals surface area contributed by atoms with Gasteiger partial charge in [-0.1, -0.05) is 18.2 Å². The summed E-state index contributed by atoms with van der Waals surface area (Å²) < 4.78 is 39.6. The number of aromatic nitrogens is 2. The van der Waals surface area contributed by atoms with E-state index in [1.165, 1.54) is 29.8 Å². The summed E-state index contributed by atoms with van der Waals surface area (Å²) in [4.78, 5) is 8.19. The molecule has 0 aliphatic rings. The van der Waals surface area contributed by atoms with Crippen molar-refractivity contribution < 1.29 is 13.2 Å². The average molecular weight is 309 g/mol. The SMILES string of the molecule is FC(F)(F)c1ccccc1CNc1ncnc2ccsc12. The van der Waals surface area contributed by atoms with Gasteiger partial charge in [-0.15, -0.1) is 11.3 Å². The molecule has 108 valence electrons. The van der Waals surface area contributed by atoms with Crippen LogP contribution in [-0.2, 0) is 12.7 Å². The van der Waals surface area contributed by atoms with Crippen molar-refractivity contribution in [3.63, 3.8) is 0 Å². The highest BCUT2D eigenvalue weighted by atomic mass is 32.1. The smallest absolute Gasteiger partial charge is 0.365 e. The molecule has 0 fully saturated rings. The van der Waals surface area contributed by atoms with E-state index in [1.807, 2.05) is 11.4 Å². The second-order valence-electron chi connectivity index (χ2n) is 4.37. The maximum atomic E-state index is 12.9. The zero-order valence-corrected chi connectivity index (χ0v) is 11.5. The Kier molecular flexibility index (Phi) is 3.50. The van der Waals surface area contributed by atoms with Crippen molar-refractivity contribution in [2.45, 2.75) is 12.7 Å². The number of halogens is 3. The molecular formula is C14H10F3N3S. The molecule has 2 heterocycles. The summed E-state index contributed by atoms with van der Waals surface area (Å²) in [6, 6.07) is 7.36. The van der Waals surface area contributed by atoms with Crippen LogP contribution in [0.3, 0.4) is 0 Å². The summed E-state index contributed by atoms with van der Waals surface area (Å²) in [6.07, 6.45) is -2.96. The van der Waals surface area contributed by atoms with Crippen LogP contribution in [0.2, 0.25) is 0 Å². The van der Waals surface area contributed by atoms with Crippen molar-refractivity contribution in [3.8, 4) is 0 Å². The minimum absolute atomic E-state index is 0.0553. The number of rotatable bonds is 3. The van der Waals surface area contributed by atoms with Gasteiger partial charge in [-0.25, -0.2) is 9.97 Å². The minimum atomic E-state index is -4.36. The Balaban J connectivity index is 1.87. The molecule has 0 spiro atoms. The Bertz CT molecular complexity index is 767. The number of anilines is 1. The zero-order valence-electron chi connectivity index (χ0n) is 10.7. The van der Waals surface area contributed by atoms with Crippen LogP contribution in [0.5, 0.6) is 0 Å². The van der Waals surface area contributed by atoms with Crippen molar-refractivity contribution in [3.05, 3.63) is 53.2 Å². The first kappa shape index (κ1) is 13.8. The molecule has 3 nitrogen and oxygen atoms in total. The summed E-state index contributed by atoms with van der Waals surface area (Å²) in [7, 11) is 0. The van der Waals surface area contributed by atoms with Crippen LogP contribution < -0.4 is 5.32 Å². The maximum Gasteiger partial charge on any atom is 0.416 e. The highest BCUT2D eigenvalue weighted by Crippen LogP contribution is 2.32. The van der Waals surface area contributed by atoms with Crippen LogP contribution in [0.4, 0.5) is 19.0 Å². The van der Waals surface area contributed by atoms with E-state index in [-0.39, 0.29) is 12.1 Å². The van der Waals surface area contributed by atoms with Gasteiger partial charge in [0.25, 0.3) is 0 Å². The topological polar surface area (TPSA) is 37.8 Å². The monoisotopic (exact) mass is 309 g/mol. The standard InChI is InChI=1S/C14H10F3N3S/c15-14(16,17)10-4-2-1-3-9(10)7-18-13-12-11(5-6-21-12)19-8-20-13/h1-6,8H,7H2,(H,18,19,20). The molecule has 0 aliphatic heterocycles. The lowest BCUT2D eigenvalue weighted by atomic mass is 10.1. The number of benzene rings is 1. The van der Waals surface area contributed by atoms with Crippen LogP contribution >= 0.6 is 11.3 Å². The van der Waals surface area contributed by atoms with Gasteiger partial charge in [0.1, 0.15) is 12.1 Å². The van der Waals surface area contributed by atoms with Gasteiger partial charge in [0.05, 0.1) is 15.8 Å². The third-order valence-electron chi connectivity index (χ3n) is 3.01. The molecule has 3 aromatic rings. The molecule has 3 rings (SSSR count). The average Bonchev–Trinajstić information content (AvgIpc) is 2.93. The number of nitrogens with zero attached hydrogens (tertiary/aromatic N) is 2. The summed E-state index contributed by atoms with van der Waals surface area (Å²) >= 11 is 1.45. The molecule has 7 heteroatoms. The van der Waals surface area contributed by atoms with Gasteiger partial charge in [-0.05, 0) is 23.1 Å². The van der Waals surface area contributed by atoms with Crippen molar-refractivity contribution in [2.24, 2.45) is 0 Å². The van der Waals surface area contributed by atoms with Gasteiger partial charge >= 0.3 is 6.18 Å². The second kappa shape index (κ2) is 5.33. The largest absolute Gasteiger partial charge is 0.416 e. The first-order chi connectivity index (χ1) is 10.1. The van der Waals surface area contributed by atoms with E-state index < -0.39 is 11.7 Å². The Morgan fingerprint density at radius 2 is 1.90 bits per heavy atom. The van der Waals surface area contributed by atoms with E-state index in [0.29, 0.717) is 5.82 Å². The molecule has 21 heavy (non-hydrogen) atoms. The van der Waals surface area contributed by atoms with E-state index in [2.05, 4.69) is 15.3 Å². The number of hydrogen-bond acceptors (Lipinski definition) is 4. The predicted molar refractivity (Wildman–Crippen MR) is 76.2 cm³/mol. The highest BCUT2D eigenvalue weighted by Gasteiger charge is 2.32. The fourth-order valence-electron chi connectivity index (χ4n) is 2.04. The molecule has 0 aliphatic carbocycles. The third kappa shape index (κ3) is 2.82. The fraction of sp³-hybridized carbons (Fsp3) is 0.143. The van der Waals surface area contributed by atoms with Crippen molar-refractivity contribution in [1.82, 2.24) is 9.97 Å². The summed E-state index contributed by atoms with van der Waals surface area (Å²) in [5.74, 6) is 0.548. The fourth-order valence-corrected chi connectivity index (χ4v) is 2.86. The number of hydrogen-bond donors (Lipinski definition) is 1. The van der Waals surface area contributed by atoms with E-state index in [9.17, 15) is 13.2 Å². The van der Waals surface area contributed by atoms with E-state index in [0.717, 1.165) is 16.3 Å². The normalized spacial score (nSPS) is 11.8. The van der Waals surface area contributed by atoms with Gasteiger partial charge < -0.3 is 5.32 Å². The first-order valence-electron chi connectivity index (χ1n) is 6.13. The van der Waals surface area contributed by atoms with Crippen LogP contribution in [0, 0.1) is 0 Å². The van der Waals surface area contributed by atoms with Gasteiger partial charge in [0.15, 0.2) is 0 Å². The Hall–Kier alpha value is -2.15. The van der Waals surface area contributed by atoms with Crippen molar-refractivity contribution in [1.29, 1.82) is 0 Å². The molecule has 1 aromatic carbocycles. The molecule has 1 N–H and O–H groups in total. The zero-order chi connectivity index (χ0) is 14.9. The number of fused-ring (bicyclic) bond motifs is 1. The van der Waals surface area contributed by atoms with Crippen molar-refractivity contribution >= 4 is 27.4 Å². The molecule has 0 unspecified atom stereocenters. The first-order valence-corrected chi connectivity index (χ1v) is 7.01. The summed E-state index contributed by atoms with van der Waals surface area (Å²) in [5, 5.41) is 4.83.